The molecule has 16 heteroatoms. The maximum Gasteiger partial charge on any atom is 0.363 e. The Morgan fingerprint density at radius 2 is 2.14 bits per heavy atom. The van der Waals surface area contributed by atoms with Crippen molar-refractivity contribution in [2.45, 2.75) is 11.4 Å². The van der Waals surface area contributed by atoms with Gasteiger partial charge in [0.2, 0.25) is 5.91 Å². The first-order valence-electron chi connectivity index (χ1n) is 7.64. The number of nitrogens with one attached hydrogen (secondary N) is 2. The number of hydrogen-bond donors (Lipinski definition) is 3. The van der Waals surface area contributed by atoms with Crippen LogP contribution < -0.4 is 10.6 Å². The molecule has 2 rings (SSSR count). The smallest absolute Gasteiger partial charge is 0.363 e. The Hall–Kier alpha value is -1.88. The van der Waals surface area contributed by atoms with Gasteiger partial charge in [0.25, 0.3) is 11.8 Å². The molecule has 0 aliphatic carbocycles. The molecule has 1 saturated heterocycles. The maximum absolute atomic E-state index is 12.6. The van der Waals surface area contributed by atoms with E-state index in [-0.39, 0.29) is 32.5 Å². The summed E-state index contributed by atoms with van der Waals surface area (Å²) in [6, 6.07) is -1.19. The Labute approximate surface area is 178 Å². The third kappa shape index (κ3) is 5.39. The highest BCUT2D eigenvalue weighted by Gasteiger charge is 2.54. The second-order valence-corrected chi connectivity index (χ2v) is 9.30. The van der Waals surface area contributed by atoms with Crippen LogP contribution in [-0.2, 0) is 29.5 Å². The number of amides is 3. The molecule has 3 N–H and O–H groups in total. The number of carbonyl (C=O) groups is 3. The fourth-order valence-electron chi connectivity index (χ4n) is 2.28. The van der Waals surface area contributed by atoms with Crippen LogP contribution in [0.2, 0.25) is 0 Å². The van der Waals surface area contributed by atoms with Crippen LogP contribution in [0.4, 0.5) is 5.13 Å². The highest BCUT2D eigenvalue weighted by atomic mass is 32.2. The first-order valence-corrected chi connectivity index (χ1v) is 12.6. The van der Waals surface area contributed by atoms with E-state index in [4.69, 9.17) is 4.55 Å². The second kappa shape index (κ2) is 9.75. The second-order valence-electron chi connectivity index (χ2n) is 5.33. The fourth-order valence-corrected chi connectivity index (χ4v) is 5.39. The van der Waals surface area contributed by atoms with E-state index in [2.05, 4.69) is 25.6 Å². The summed E-state index contributed by atoms with van der Waals surface area (Å²) in [7, 11) is -3.53. The van der Waals surface area contributed by atoms with Gasteiger partial charge in [-0.15, -0.1) is 23.1 Å². The van der Waals surface area contributed by atoms with Gasteiger partial charge in [0.15, 0.2) is 10.8 Å². The molecular weight excluding hydrogens is 466 g/mol. The lowest BCUT2D eigenvalue weighted by Gasteiger charge is -2.42. The molecule has 0 unspecified atom stereocenters. The first-order chi connectivity index (χ1) is 13.6. The predicted molar refractivity (Wildman–Crippen MR) is 110 cm³/mol. The van der Waals surface area contributed by atoms with E-state index in [9.17, 15) is 22.8 Å². The minimum Gasteiger partial charge on any atom is -0.398 e. The van der Waals surface area contributed by atoms with Crippen LogP contribution >= 0.6 is 34.9 Å². The number of β-lactam (4-membered cyclic amide) rings is 1. The molecule has 3 amide bonds. The lowest BCUT2D eigenvalue weighted by molar-refractivity contribution is -0.140. The van der Waals surface area contributed by atoms with Crippen LogP contribution in [0.1, 0.15) is 5.69 Å². The van der Waals surface area contributed by atoms with Crippen molar-refractivity contribution in [1.82, 2.24) is 14.6 Å². The van der Waals surface area contributed by atoms with Gasteiger partial charge in [0.05, 0.1) is 5.75 Å². The van der Waals surface area contributed by atoms with Crippen LogP contribution in [0.15, 0.2) is 10.5 Å². The molecule has 1 aliphatic rings. The molecule has 1 fully saturated rings. The molecule has 0 bridgehead atoms. The van der Waals surface area contributed by atoms with Crippen LogP contribution in [0.25, 0.3) is 0 Å². The molecule has 0 radical (unpaired) electrons. The summed E-state index contributed by atoms with van der Waals surface area (Å²) in [5, 5.41) is 9.24. The van der Waals surface area contributed by atoms with Crippen LogP contribution in [-0.4, -0.2) is 82.5 Å². The first kappa shape index (κ1) is 23.4. The SMILES string of the molecule is CO/N=C(\C(=O)N[C@@H]1C(=O)N(S(=O)(=O)O)[C@H]1SC)c1csc(NC(=O)CSC)n1. The van der Waals surface area contributed by atoms with Crippen LogP contribution in [0.5, 0.6) is 0 Å². The van der Waals surface area contributed by atoms with Crippen molar-refractivity contribution in [3.63, 3.8) is 0 Å². The Bertz CT molecular complexity index is 932. The van der Waals surface area contributed by atoms with E-state index in [0.717, 1.165) is 23.1 Å². The zero-order valence-corrected chi connectivity index (χ0v) is 18.6. The minimum absolute atomic E-state index is 0.0907. The highest BCUT2D eigenvalue weighted by Crippen LogP contribution is 2.30. The normalized spacial score (nSPS) is 19.5. The topological polar surface area (TPSA) is 167 Å². The number of thiazole rings is 1. The summed E-state index contributed by atoms with van der Waals surface area (Å²) in [5.74, 6) is -1.86. The van der Waals surface area contributed by atoms with E-state index in [1.54, 1.807) is 6.26 Å². The number of oxime groups is 1. The Morgan fingerprint density at radius 1 is 1.45 bits per heavy atom. The molecule has 12 nitrogen and oxygen atoms in total. The number of rotatable bonds is 9. The Kier molecular flexibility index (Phi) is 7.87. The van der Waals surface area contributed by atoms with Gasteiger partial charge in [-0.2, -0.15) is 24.5 Å². The third-order valence-electron chi connectivity index (χ3n) is 3.44. The van der Waals surface area contributed by atoms with Gasteiger partial charge in [0, 0.05) is 5.38 Å². The number of nitrogens with zero attached hydrogens (tertiary/aromatic N) is 3. The minimum atomic E-state index is -4.74. The highest BCUT2D eigenvalue weighted by molar-refractivity contribution is 8.00. The van der Waals surface area contributed by atoms with Gasteiger partial charge in [-0.25, -0.2) is 4.98 Å². The van der Waals surface area contributed by atoms with E-state index < -0.39 is 33.5 Å². The van der Waals surface area contributed by atoms with Crippen molar-refractivity contribution in [3.05, 3.63) is 11.1 Å². The van der Waals surface area contributed by atoms with Gasteiger partial charge in [-0.1, -0.05) is 5.16 Å². The number of hydrogen-bond acceptors (Lipinski definition) is 11. The third-order valence-corrected chi connectivity index (χ3v) is 6.75. The van der Waals surface area contributed by atoms with Gasteiger partial charge in [-0.05, 0) is 12.5 Å². The molecule has 160 valence electrons. The molecule has 0 aromatic carbocycles. The van der Waals surface area contributed by atoms with Crippen molar-refractivity contribution >= 4 is 73.7 Å². The molecule has 1 aliphatic heterocycles. The van der Waals surface area contributed by atoms with Gasteiger partial charge >= 0.3 is 10.3 Å². The maximum atomic E-state index is 12.6. The summed E-state index contributed by atoms with van der Waals surface area (Å²) in [6.07, 6.45) is 3.29. The summed E-state index contributed by atoms with van der Waals surface area (Å²) in [6.45, 7) is 0. The monoisotopic (exact) mass is 483 g/mol. The number of anilines is 1. The van der Waals surface area contributed by atoms with E-state index in [1.165, 1.54) is 30.5 Å². The molecule has 2 heterocycles. The Balaban J connectivity index is 2.15. The predicted octanol–water partition coefficient (Wildman–Crippen LogP) is -0.386. The van der Waals surface area contributed by atoms with E-state index >= 15 is 0 Å². The van der Waals surface area contributed by atoms with Gasteiger partial charge in [-0.3, -0.25) is 18.9 Å². The molecule has 1 aromatic rings. The molecule has 1 aromatic heterocycles. The average Bonchev–Trinajstić information content (AvgIpc) is 3.08. The summed E-state index contributed by atoms with van der Waals surface area (Å²) < 4.78 is 31.9. The quantitative estimate of drug-likeness (QED) is 0.182. The van der Waals surface area contributed by atoms with Crippen LogP contribution in [0.3, 0.4) is 0 Å². The lowest BCUT2D eigenvalue weighted by Crippen LogP contribution is -2.71. The summed E-state index contributed by atoms with van der Waals surface area (Å²) in [5.41, 5.74) is -0.181. The molecule has 0 saturated carbocycles. The average molecular weight is 484 g/mol. The number of carbonyl (C=O) groups excluding carboxylic acids is 3. The summed E-state index contributed by atoms with van der Waals surface area (Å²) >= 11 is 3.35. The van der Waals surface area contributed by atoms with Crippen molar-refractivity contribution in [3.8, 4) is 0 Å². The fraction of sp³-hybridized carbons (Fsp3) is 0.462. The molecule has 0 spiro atoms. The number of aromatic nitrogens is 1. The zero-order valence-electron chi connectivity index (χ0n) is 15.3. The van der Waals surface area contributed by atoms with Crippen molar-refractivity contribution in [1.29, 1.82) is 0 Å². The molecule has 2 atom stereocenters. The number of thioether (sulfide) groups is 2. The standard InChI is InChI=1S/C13H17N5O7S4/c1-25-17-8(6-4-28-13(14-6)15-7(19)5-26-2)10(20)16-9-11(21)18(12(9)27-3)29(22,23)24/h4,9,12H,5H2,1-3H3,(H,16,20)(H,14,15,19)(H,22,23,24)/b17-8-/t9-,12+/m1/s1. The van der Waals surface area contributed by atoms with Crippen molar-refractivity contribution in [2.24, 2.45) is 5.16 Å². The van der Waals surface area contributed by atoms with Crippen molar-refractivity contribution in [2.75, 3.05) is 30.7 Å². The lowest BCUT2D eigenvalue weighted by atomic mass is 10.1. The molecular formula is C13H17N5O7S4. The summed E-state index contributed by atoms with van der Waals surface area (Å²) in [4.78, 5) is 45.0. The zero-order chi connectivity index (χ0) is 21.8. The van der Waals surface area contributed by atoms with E-state index in [0.29, 0.717) is 0 Å². The van der Waals surface area contributed by atoms with Gasteiger partial charge in [0.1, 0.15) is 24.2 Å². The molecule has 29 heavy (non-hydrogen) atoms. The van der Waals surface area contributed by atoms with Crippen molar-refractivity contribution < 1.29 is 32.2 Å². The van der Waals surface area contributed by atoms with E-state index in [1.807, 2.05) is 0 Å². The van der Waals surface area contributed by atoms with Gasteiger partial charge < -0.3 is 15.5 Å². The van der Waals surface area contributed by atoms with Crippen LogP contribution in [0, 0.1) is 0 Å². The largest absolute Gasteiger partial charge is 0.398 e. The Morgan fingerprint density at radius 3 is 2.69 bits per heavy atom.